The van der Waals surface area contributed by atoms with Crippen molar-refractivity contribution in [3.05, 3.63) is 0 Å². The lowest BCUT2D eigenvalue weighted by Gasteiger charge is -2.28. The highest BCUT2D eigenvalue weighted by Gasteiger charge is 2.27. The van der Waals surface area contributed by atoms with Gasteiger partial charge in [0.1, 0.15) is 0 Å². The first-order chi connectivity index (χ1) is 8.31. The molecule has 0 aromatic rings. The van der Waals surface area contributed by atoms with Gasteiger partial charge in [-0.2, -0.15) is 0 Å². The maximum absolute atomic E-state index is 11.9. The van der Waals surface area contributed by atoms with Crippen molar-refractivity contribution in [2.45, 2.75) is 25.9 Å². The van der Waals surface area contributed by atoms with E-state index >= 15 is 0 Å². The molecule has 0 saturated carbocycles. The second-order valence-corrected chi connectivity index (χ2v) is 4.65. The molecule has 98 valence electrons. The first kappa shape index (κ1) is 12.6. The Balaban J connectivity index is 1.71. The molecule has 2 saturated heterocycles. The van der Waals surface area contributed by atoms with Gasteiger partial charge in [0.15, 0.2) is 0 Å². The molecule has 2 amide bonds. The molecule has 5 heteroatoms. The second-order valence-electron chi connectivity index (χ2n) is 4.65. The van der Waals surface area contributed by atoms with Gasteiger partial charge in [-0.05, 0) is 12.8 Å². The Morgan fingerprint density at radius 1 is 1.35 bits per heavy atom. The highest BCUT2D eigenvalue weighted by molar-refractivity contribution is 5.74. The molecule has 2 aliphatic heterocycles. The molecule has 2 fully saturated rings. The zero-order chi connectivity index (χ0) is 12.1. The van der Waals surface area contributed by atoms with E-state index in [9.17, 15) is 4.79 Å². The summed E-state index contributed by atoms with van der Waals surface area (Å²) in [6.07, 6.45) is 2.40. The summed E-state index contributed by atoms with van der Waals surface area (Å²) >= 11 is 0. The Morgan fingerprint density at radius 3 is 2.82 bits per heavy atom. The molecule has 0 radical (unpaired) electrons. The molecule has 2 atom stereocenters. The van der Waals surface area contributed by atoms with Gasteiger partial charge in [-0.3, -0.25) is 0 Å². The third-order valence-corrected chi connectivity index (χ3v) is 3.56. The highest BCUT2D eigenvalue weighted by atomic mass is 16.5. The molecule has 0 aromatic carbocycles. The van der Waals surface area contributed by atoms with E-state index in [4.69, 9.17) is 9.47 Å². The summed E-state index contributed by atoms with van der Waals surface area (Å²) < 4.78 is 10.8. The highest BCUT2D eigenvalue weighted by Crippen LogP contribution is 2.22. The van der Waals surface area contributed by atoms with Gasteiger partial charge in [-0.25, -0.2) is 4.79 Å². The zero-order valence-corrected chi connectivity index (χ0v) is 10.5. The molecule has 0 aliphatic carbocycles. The number of hydrogen-bond donors (Lipinski definition) is 1. The van der Waals surface area contributed by atoms with Gasteiger partial charge in [-0.1, -0.05) is 6.92 Å². The average molecular weight is 242 g/mol. The SMILES string of the molecule is CCC1OCCC1CNC(=O)N1CCOCC1. The second kappa shape index (κ2) is 6.21. The summed E-state index contributed by atoms with van der Waals surface area (Å²) in [7, 11) is 0. The van der Waals surface area contributed by atoms with E-state index in [-0.39, 0.29) is 6.03 Å². The molecular formula is C12H22N2O3. The molecule has 17 heavy (non-hydrogen) atoms. The van der Waals surface area contributed by atoms with Crippen molar-refractivity contribution in [3.8, 4) is 0 Å². The van der Waals surface area contributed by atoms with Crippen LogP contribution in [-0.2, 0) is 9.47 Å². The predicted molar refractivity (Wildman–Crippen MR) is 63.9 cm³/mol. The summed E-state index contributed by atoms with van der Waals surface area (Å²) in [5.74, 6) is 0.477. The Labute approximate surface area is 102 Å². The monoisotopic (exact) mass is 242 g/mol. The van der Waals surface area contributed by atoms with Crippen LogP contribution in [0.1, 0.15) is 19.8 Å². The predicted octanol–water partition coefficient (Wildman–Crippen LogP) is 0.843. The fraction of sp³-hybridized carbons (Fsp3) is 0.917. The van der Waals surface area contributed by atoms with Crippen molar-refractivity contribution >= 4 is 6.03 Å². The van der Waals surface area contributed by atoms with Crippen LogP contribution in [-0.4, -0.2) is 56.5 Å². The minimum absolute atomic E-state index is 0.0371. The zero-order valence-electron chi connectivity index (χ0n) is 10.5. The topological polar surface area (TPSA) is 50.8 Å². The first-order valence-corrected chi connectivity index (χ1v) is 6.53. The fourth-order valence-corrected chi connectivity index (χ4v) is 2.47. The van der Waals surface area contributed by atoms with Gasteiger partial charge >= 0.3 is 6.03 Å². The number of carbonyl (C=O) groups excluding carboxylic acids is 1. The van der Waals surface area contributed by atoms with Crippen molar-refractivity contribution in [3.63, 3.8) is 0 Å². The quantitative estimate of drug-likeness (QED) is 0.798. The molecule has 0 bridgehead atoms. The van der Waals surface area contributed by atoms with E-state index in [1.165, 1.54) is 0 Å². The summed E-state index contributed by atoms with van der Waals surface area (Å²) in [5, 5.41) is 3.01. The lowest BCUT2D eigenvalue weighted by atomic mass is 10.00. The first-order valence-electron chi connectivity index (χ1n) is 6.53. The van der Waals surface area contributed by atoms with Gasteiger partial charge in [-0.15, -0.1) is 0 Å². The van der Waals surface area contributed by atoms with Crippen LogP contribution in [0.5, 0.6) is 0 Å². The van der Waals surface area contributed by atoms with Crippen LogP contribution < -0.4 is 5.32 Å². The number of nitrogens with one attached hydrogen (secondary N) is 1. The number of rotatable bonds is 3. The van der Waals surface area contributed by atoms with Gasteiger partial charge < -0.3 is 19.7 Å². The summed E-state index contributed by atoms with van der Waals surface area (Å²) in [5.41, 5.74) is 0. The van der Waals surface area contributed by atoms with Gasteiger partial charge in [0.05, 0.1) is 19.3 Å². The standard InChI is InChI=1S/C12H22N2O3/c1-2-11-10(3-6-17-11)9-13-12(15)14-4-7-16-8-5-14/h10-11H,2-9H2,1H3,(H,13,15). The maximum atomic E-state index is 11.9. The molecule has 2 unspecified atom stereocenters. The van der Waals surface area contributed by atoms with E-state index in [0.29, 0.717) is 38.3 Å². The van der Waals surface area contributed by atoms with Crippen molar-refractivity contribution in [1.82, 2.24) is 10.2 Å². The Bertz CT molecular complexity index is 254. The van der Waals surface area contributed by atoms with E-state index in [0.717, 1.165) is 26.0 Å². The molecule has 1 N–H and O–H groups in total. The van der Waals surface area contributed by atoms with Crippen LogP contribution in [0.15, 0.2) is 0 Å². The Morgan fingerprint density at radius 2 is 2.12 bits per heavy atom. The van der Waals surface area contributed by atoms with E-state index < -0.39 is 0 Å². The van der Waals surface area contributed by atoms with Crippen LogP contribution >= 0.6 is 0 Å². The molecule has 0 spiro atoms. The minimum Gasteiger partial charge on any atom is -0.378 e. The number of carbonyl (C=O) groups is 1. The van der Waals surface area contributed by atoms with Crippen LogP contribution in [0.25, 0.3) is 0 Å². The van der Waals surface area contributed by atoms with Crippen LogP contribution in [0.3, 0.4) is 0 Å². The van der Waals surface area contributed by atoms with E-state index in [2.05, 4.69) is 12.2 Å². The number of amides is 2. The van der Waals surface area contributed by atoms with Crippen molar-refractivity contribution in [1.29, 1.82) is 0 Å². The van der Waals surface area contributed by atoms with Gasteiger partial charge in [0.2, 0.25) is 0 Å². The average Bonchev–Trinajstić information content (AvgIpc) is 2.84. The number of urea groups is 1. The molecule has 5 nitrogen and oxygen atoms in total. The summed E-state index contributed by atoms with van der Waals surface area (Å²) in [4.78, 5) is 13.7. The summed E-state index contributed by atoms with van der Waals surface area (Å²) in [6, 6.07) is 0.0371. The van der Waals surface area contributed by atoms with Gasteiger partial charge in [0, 0.05) is 32.2 Å². The molecular weight excluding hydrogens is 220 g/mol. The maximum Gasteiger partial charge on any atom is 0.317 e. The van der Waals surface area contributed by atoms with Crippen molar-refractivity contribution in [2.24, 2.45) is 5.92 Å². The number of nitrogens with zero attached hydrogens (tertiary/aromatic N) is 1. The fourth-order valence-electron chi connectivity index (χ4n) is 2.47. The molecule has 0 aromatic heterocycles. The Hall–Kier alpha value is -0.810. The lowest BCUT2D eigenvalue weighted by Crippen LogP contribution is -2.47. The van der Waals surface area contributed by atoms with Crippen LogP contribution in [0.4, 0.5) is 4.79 Å². The minimum atomic E-state index is 0.0371. The van der Waals surface area contributed by atoms with Crippen molar-refractivity contribution in [2.75, 3.05) is 39.5 Å². The molecule has 2 aliphatic rings. The lowest BCUT2D eigenvalue weighted by molar-refractivity contribution is 0.0521. The number of ether oxygens (including phenoxy) is 2. The van der Waals surface area contributed by atoms with Crippen LogP contribution in [0.2, 0.25) is 0 Å². The smallest absolute Gasteiger partial charge is 0.317 e. The van der Waals surface area contributed by atoms with E-state index in [1.807, 2.05) is 4.90 Å². The molecule has 2 heterocycles. The third-order valence-electron chi connectivity index (χ3n) is 3.56. The van der Waals surface area contributed by atoms with Crippen molar-refractivity contribution < 1.29 is 14.3 Å². The van der Waals surface area contributed by atoms with Crippen LogP contribution in [0, 0.1) is 5.92 Å². The normalized spacial score (nSPS) is 29.4. The molecule has 2 rings (SSSR count). The number of hydrogen-bond acceptors (Lipinski definition) is 3. The van der Waals surface area contributed by atoms with E-state index in [1.54, 1.807) is 0 Å². The van der Waals surface area contributed by atoms with Gasteiger partial charge in [0.25, 0.3) is 0 Å². The summed E-state index contributed by atoms with van der Waals surface area (Å²) in [6.45, 7) is 6.39. The number of morpholine rings is 1. The Kier molecular flexibility index (Phi) is 4.62. The third kappa shape index (κ3) is 3.33. The largest absolute Gasteiger partial charge is 0.378 e.